The van der Waals surface area contributed by atoms with Crippen LogP contribution < -0.4 is 20.4 Å². The Morgan fingerprint density at radius 3 is 2.40 bits per heavy atom. The number of piperidine rings is 1. The number of aromatic nitrogens is 9. The second kappa shape index (κ2) is 15.7. The Morgan fingerprint density at radius 2 is 1.66 bits per heavy atom. The number of hydrogen-bond acceptors (Lipinski definition) is 13. The molecule has 1 atom stereocenters. The number of rotatable bonds is 9. The van der Waals surface area contributed by atoms with Crippen LogP contribution in [0.25, 0.3) is 22.7 Å². The van der Waals surface area contributed by atoms with E-state index in [0.717, 1.165) is 11.3 Å². The van der Waals surface area contributed by atoms with Gasteiger partial charge in [0.25, 0.3) is 11.8 Å². The van der Waals surface area contributed by atoms with Gasteiger partial charge in [0.15, 0.2) is 28.6 Å². The van der Waals surface area contributed by atoms with Crippen LogP contribution in [0.15, 0.2) is 59.7 Å². The van der Waals surface area contributed by atoms with E-state index < -0.39 is 36.1 Å². The Hall–Kier alpha value is -6.65. The first-order chi connectivity index (χ1) is 29.6. The summed E-state index contributed by atoms with van der Waals surface area (Å²) in [6.45, 7) is 3.66. The van der Waals surface area contributed by atoms with E-state index >= 15 is 0 Å². The zero-order valence-electron chi connectivity index (χ0n) is 32.8. The van der Waals surface area contributed by atoms with Crippen molar-refractivity contribution in [2.45, 2.75) is 64.3 Å². The van der Waals surface area contributed by atoms with Crippen molar-refractivity contribution in [3.63, 3.8) is 0 Å². The number of carbonyl (C=O) groups is 2. The summed E-state index contributed by atoms with van der Waals surface area (Å²) >= 11 is 1.16. The molecule has 2 aliphatic rings. The molecule has 2 saturated heterocycles. The van der Waals surface area contributed by atoms with E-state index in [1.165, 1.54) is 45.0 Å². The zero-order chi connectivity index (χ0) is 43.5. The fraction of sp³-hybridized carbons (Fsp3) is 0.359. The van der Waals surface area contributed by atoms with Crippen LogP contribution in [0.1, 0.15) is 68.4 Å². The molecule has 7 aromatic heterocycles. The minimum Gasteiger partial charge on any atom is -0.442 e. The zero-order valence-corrected chi connectivity index (χ0v) is 33.6. The molecular formula is C39H35F6N13O3S. The van der Waals surface area contributed by atoms with Gasteiger partial charge in [-0.15, -0.1) is 11.3 Å². The van der Waals surface area contributed by atoms with Gasteiger partial charge in [-0.25, -0.2) is 34.0 Å². The lowest BCUT2D eigenvalue weighted by Crippen LogP contribution is -2.41. The maximum Gasteiger partial charge on any atom is 0.408 e. The molecule has 2 aliphatic heterocycles. The first kappa shape index (κ1) is 40.7. The molecule has 322 valence electrons. The molecule has 0 saturated carbocycles. The van der Waals surface area contributed by atoms with E-state index in [-0.39, 0.29) is 84.5 Å². The Bertz CT molecular complexity index is 2810. The number of amides is 2. The molecular weight excluding hydrogens is 845 g/mol. The van der Waals surface area contributed by atoms with Gasteiger partial charge in [0.1, 0.15) is 40.3 Å². The van der Waals surface area contributed by atoms with Crippen molar-refractivity contribution in [3.8, 4) is 11.5 Å². The Kier molecular flexibility index (Phi) is 10.3. The van der Waals surface area contributed by atoms with Crippen LogP contribution in [0.5, 0.6) is 0 Å². The number of aryl methyl sites for hydroxylation is 2. The lowest BCUT2D eigenvalue weighted by Gasteiger charge is -2.33. The second-order valence-electron chi connectivity index (χ2n) is 15.0. The molecule has 2 fully saturated rings. The van der Waals surface area contributed by atoms with Crippen molar-refractivity contribution in [1.29, 1.82) is 0 Å². The highest BCUT2D eigenvalue weighted by Gasteiger charge is 2.46. The fourth-order valence-electron chi connectivity index (χ4n) is 7.87. The van der Waals surface area contributed by atoms with Gasteiger partial charge < -0.3 is 19.5 Å². The number of oxazole rings is 1. The smallest absolute Gasteiger partial charge is 0.408 e. The highest BCUT2D eigenvalue weighted by molar-refractivity contribution is 7.15. The van der Waals surface area contributed by atoms with E-state index in [0.29, 0.717) is 45.7 Å². The minimum atomic E-state index is -4.45. The van der Waals surface area contributed by atoms with Crippen molar-refractivity contribution >= 4 is 57.0 Å². The number of halogens is 6. The highest BCUT2D eigenvalue weighted by atomic mass is 32.1. The SMILES string of the molecule is Cc1nc(NC(=O)c2c(C)nn3ccc(N4CCC[C@@H]4C(F)(F)F)nc23)sc1Cc1cc(N2CCC(C(F)(F)F)CC2)nc2c(C(=O)Nc3cccc(-c4cnco4)n3)cnn12. The van der Waals surface area contributed by atoms with Crippen LogP contribution in [0.4, 0.5) is 48.9 Å². The molecule has 0 spiro atoms. The summed E-state index contributed by atoms with van der Waals surface area (Å²) in [7, 11) is 0. The first-order valence-corrected chi connectivity index (χ1v) is 20.3. The number of alkyl halides is 6. The number of nitrogens with zero attached hydrogens (tertiary/aromatic N) is 11. The van der Waals surface area contributed by atoms with Crippen LogP contribution in [0.3, 0.4) is 0 Å². The molecule has 0 radical (unpaired) electrons. The largest absolute Gasteiger partial charge is 0.442 e. The molecule has 9 heterocycles. The first-order valence-electron chi connectivity index (χ1n) is 19.4. The number of thiazole rings is 1. The highest BCUT2D eigenvalue weighted by Crippen LogP contribution is 2.37. The summed E-state index contributed by atoms with van der Waals surface area (Å²) in [6.07, 6.45) is -3.01. The van der Waals surface area contributed by atoms with E-state index in [2.05, 4.69) is 40.8 Å². The predicted octanol–water partition coefficient (Wildman–Crippen LogP) is 7.30. The van der Waals surface area contributed by atoms with Crippen molar-refractivity contribution in [3.05, 3.63) is 88.4 Å². The Balaban J connectivity index is 1.00. The van der Waals surface area contributed by atoms with E-state index in [4.69, 9.17) is 9.40 Å². The number of fused-ring (bicyclic) bond motifs is 2. The van der Waals surface area contributed by atoms with Crippen LogP contribution in [0.2, 0.25) is 0 Å². The third-order valence-corrected chi connectivity index (χ3v) is 12.1. The second-order valence-corrected chi connectivity index (χ2v) is 16.1. The maximum atomic E-state index is 13.8. The number of nitrogens with one attached hydrogen (secondary N) is 2. The Morgan fingerprint density at radius 1 is 0.871 bits per heavy atom. The molecule has 0 bridgehead atoms. The number of anilines is 4. The van der Waals surface area contributed by atoms with Gasteiger partial charge in [-0.3, -0.25) is 14.9 Å². The van der Waals surface area contributed by atoms with Crippen molar-refractivity contribution in [2.75, 3.05) is 40.1 Å². The van der Waals surface area contributed by atoms with E-state index in [1.807, 2.05) is 0 Å². The van der Waals surface area contributed by atoms with Crippen molar-refractivity contribution < 1.29 is 40.3 Å². The summed E-state index contributed by atoms with van der Waals surface area (Å²) in [5.74, 6) is -1.60. The third kappa shape index (κ3) is 7.86. The van der Waals surface area contributed by atoms with Gasteiger partial charge in [0.05, 0.1) is 35.4 Å². The standard InChI is InChI=1S/C39H35F6N13O3S/c1-20-27(62-37(48-20)53-36(60)32-21(2)54-57-14-10-30(51-34(32)57)56-11-4-6-28(56)39(43,44)45)15-23-16-31(55-12-8-22(9-13-55)38(40,41)42)52-33-24(17-47-58(23)33)35(59)50-29-7-3-5-25(49-29)26-18-46-19-61-26/h3,5,7,10,14,16-19,22,28H,4,6,8-9,11-13,15H2,1-2H3,(H,48,53,60)(H,49,50,59)/t28-/m1/s1. The van der Waals surface area contributed by atoms with Crippen molar-refractivity contribution in [1.82, 2.24) is 44.1 Å². The molecule has 0 unspecified atom stereocenters. The molecule has 0 aromatic carbocycles. The van der Waals surface area contributed by atoms with Gasteiger partial charge in [-0.05, 0) is 57.7 Å². The van der Waals surface area contributed by atoms with Gasteiger partial charge in [0, 0.05) is 43.2 Å². The van der Waals surface area contributed by atoms with Gasteiger partial charge in [-0.2, -0.15) is 36.5 Å². The van der Waals surface area contributed by atoms with E-state index in [1.54, 1.807) is 43.0 Å². The maximum absolute atomic E-state index is 13.8. The van der Waals surface area contributed by atoms with Crippen LogP contribution >= 0.6 is 11.3 Å². The van der Waals surface area contributed by atoms with Gasteiger partial charge in [0.2, 0.25) is 0 Å². The molecule has 2 amide bonds. The topological polar surface area (TPSA) is 177 Å². The molecule has 62 heavy (non-hydrogen) atoms. The molecule has 0 aliphatic carbocycles. The predicted molar refractivity (Wildman–Crippen MR) is 213 cm³/mol. The average Bonchev–Trinajstić information content (AvgIpc) is 4.08. The van der Waals surface area contributed by atoms with E-state index in [9.17, 15) is 35.9 Å². The van der Waals surface area contributed by atoms with Crippen molar-refractivity contribution in [2.24, 2.45) is 5.92 Å². The minimum absolute atomic E-state index is 0.0592. The molecule has 9 rings (SSSR count). The summed E-state index contributed by atoms with van der Waals surface area (Å²) in [5, 5.41) is 14.6. The quantitative estimate of drug-likeness (QED) is 0.139. The van der Waals surface area contributed by atoms with Crippen LogP contribution in [-0.4, -0.2) is 94.0 Å². The lowest BCUT2D eigenvalue weighted by atomic mass is 9.96. The number of pyridine rings is 1. The Labute approximate surface area is 351 Å². The summed E-state index contributed by atoms with van der Waals surface area (Å²) < 4.78 is 90.3. The molecule has 23 heteroatoms. The summed E-state index contributed by atoms with van der Waals surface area (Å²) in [6, 6.07) is 6.43. The van der Waals surface area contributed by atoms with Gasteiger partial charge in [-0.1, -0.05) is 6.07 Å². The fourth-order valence-corrected chi connectivity index (χ4v) is 8.84. The summed E-state index contributed by atoms with van der Waals surface area (Å²) in [5.41, 5.74) is 2.21. The van der Waals surface area contributed by atoms with Crippen LogP contribution in [-0.2, 0) is 6.42 Å². The monoisotopic (exact) mass is 879 g/mol. The average molecular weight is 880 g/mol. The molecule has 2 N–H and O–H groups in total. The lowest BCUT2D eigenvalue weighted by molar-refractivity contribution is -0.179. The molecule has 16 nitrogen and oxygen atoms in total. The third-order valence-electron chi connectivity index (χ3n) is 11.0. The number of hydrogen-bond donors (Lipinski definition) is 2. The van der Waals surface area contributed by atoms with Crippen LogP contribution in [0, 0.1) is 19.8 Å². The summed E-state index contributed by atoms with van der Waals surface area (Å²) in [4.78, 5) is 53.3. The number of carbonyl (C=O) groups excluding carboxylic acids is 2. The van der Waals surface area contributed by atoms with Gasteiger partial charge >= 0.3 is 12.4 Å². The molecule has 7 aromatic rings. The normalized spacial score (nSPS) is 16.5.